The average Bonchev–Trinajstić information content (AvgIpc) is 2.34. The van der Waals surface area contributed by atoms with Gasteiger partial charge in [-0.2, -0.15) is 0 Å². The van der Waals surface area contributed by atoms with Gasteiger partial charge in [0, 0.05) is 12.2 Å². The Morgan fingerprint density at radius 3 is 2.35 bits per heavy atom. The molecule has 0 rings (SSSR count). The van der Waals surface area contributed by atoms with E-state index in [0.717, 1.165) is 19.4 Å². The number of carbonyl (C=O) groups is 1. The van der Waals surface area contributed by atoms with E-state index in [9.17, 15) is 4.79 Å². The maximum Gasteiger partial charge on any atom is 0.333 e. The summed E-state index contributed by atoms with van der Waals surface area (Å²) in [4.78, 5) is 11.1. The molecule has 0 bridgehead atoms. The van der Waals surface area contributed by atoms with Crippen LogP contribution in [0.15, 0.2) is 23.8 Å². The second-order valence-corrected chi connectivity index (χ2v) is 11.3. The van der Waals surface area contributed by atoms with Crippen LogP contribution in [0.3, 0.4) is 0 Å². The molecule has 0 unspecified atom stereocenters. The first-order valence-electron chi connectivity index (χ1n) is 7.17. The highest BCUT2D eigenvalue weighted by Gasteiger charge is 2.36. The van der Waals surface area contributed by atoms with Gasteiger partial charge in [0.05, 0.1) is 7.11 Å². The van der Waals surface area contributed by atoms with Gasteiger partial charge in [-0.05, 0) is 37.9 Å². The molecule has 116 valence electrons. The van der Waals surface area contributed by atoms with Gasteiger partial charge < -0.3 is 9.16 Å². The summed E-state index contributed by atoms with van der Waals surface area (Å²) in [7, 11) is -0.218. The summed E-state index contributed by atoms with van der Waals surface area (Å²) < 4.78 is 10.7. The lowest BCUT2D eigenvalue weighted by atomic mass is 10.2. The van der Waals surface area contributed by atoms with Gasteiger partial charge >= 0.3 is 5.97 Å². The maximum absolute atomic E-state index is 11.1. The standard InChI is InChI=1S/C16H30O3Si/c1-14(15(17)18-5)12-10-8-9-11-13-19-20(6,7)16(2,3)4/h8,10,12H,9,11,13H2,1-7H3/b10-8+,14-12+. The van der Waals surface area contributed by atoms with E-state index < -0.39 is 8.32 Å². The van der Waals surface area contributed by atoms with Crippen LogP contribution in [0.5, 0.6) is 0 Å². The quantitative estimate of drug-likeness (QED) is 0.229. The van der Waals surface area contributed by atoms with E-state index in [1.165, 1.54) is 7.11 Å². The average molecular weight is 298 g/mol. The van der Waals surface area contributed by atoms with Crippen LogP contribution in [-0.4, -0.2) is 28.0 Å². The second-order valence-electron chi connectivity index (χ2n) is 6.52. The van der Waals surface area contributed by atoms with Crippen molar-refractivity contribution in [1.29, 1.82) is 0 Å². The Morgan fingerprint density at radius 2 is 1.85 bits per heavy atom. The summed E-state index contributed by atoms with van der Waals surface area (Å²) in [6.07, 6.45) is 7.70. The lowest BCUT2D eigenvalue weighted by Crippen LogP contribution is -2.40. The Balaban J connectivity index is 3.97. The first-order valence-corrected chi connectivity index (χ1v) is 10.1. The largest absolute Gasteiger partial charge is 0.466 e. The maximum atomic E-state index is 11.1. The van der Waals surface area contributed by atoms with E-state index in [1.54, 1.807) is 13.0 Å². The molecule has 0 fully saturated rings. The smallest absolute Gasteiger partial charge is 0.333 e. The normalized spacial score (nSPS) is 13.8. The second kappa shape index (κ2) is 8.42. The first kappa shape index (κ1) is 19.1. The topological polar surface area (TPSA) is 35.5 Å². The number of rotatable bonds is 7. The first-order chi connectivity index (χ1) is 9.12. The van der Waals surface area contributed by atoms with Crippen LogP contribution in [0.1, 0.15) is 40.5 Å². The zero-order chi connectivity index (χ0) is 15.8. The molecule has 0 heterocycles. The van der Waals surface area contributed by atoms with Crippen molar-refractivity contribution in [2.24, 2.45) is 0 Å². The summed E-state index contributed by atoms with van der Waals surface area (Å²) in [5.74, 6) is -0.282. The number of hydrogen-bond donors (Lipinski definition) is 0. The molecular formula is C16H30O3Si. The summed E-state index contributed by atoms with van der Waals surface area (Å²) in [5.41, 5.74) is 0.612. The molecule has 0 amide bonds. The number of esters is 1. The predicted octanol–water partition coefficient (Wildman–Crippen LogP) is 4.46. The van der Waals surface area contributed by atoms with E-state index >= 15 is 0 Å². The van der Waals surface area contributed by atoms with Gasteiger partial charge in [-0.3, -0.25) is 0 Å². The molecule has 0 aromatic rings. The minimum atomic E-state index is -1.61. The fourth-order valence-corrected chi connectivity index (χ4v) is 2.37. The van der Waals surface area contributed by atoms with Gasteiger partial charge in [0.1, 0.15) is 0 Å². The molecule has 0 aliphatic heterocycles. The summed E-state index contributed by atoms with van der Waals surface area (Å²) in [6.45, 7) is 13.8. The molecule has 0 N–H and O–H groups in total. The van der Waals surface area contributed by atoms with Crippen molar-refractivity contribution < 1.29 is 14.0 Å². The SMILES string of the molecule is COC(=O)/C(C)=C/C=C/CCCO[Si](C)(C)C(C)(C)C. The molecular weight excluding hydrogens is 268 g/mol. The van der Waals surface area contributed by atoms with Crippen LogP contribution in [0, 0.1) is 0 Å². The lowest BCUT2D eigenvalue weighted by Gasteiger charge is -2.36. The van der Waals surface area contributed by atoms with Crippen molar-refractivity contribution in [2.45, 2.75) is 58.7 Å². The van der Waals surface area contributed by atoms with Gasteiger partial charge in [-0.25, -0.2) is 4.79 Å². The van der Waals surface area contributed by atoms with Crippen molar-refractivity contribution >= 4 is 14.3 Å². The third kappa shape index (κ3) is 7.06. The van der Waals surface area contributed by atoms with Crippen molar-refractivity contribution in [1.82, 2.24) is 0 Å². The molecule has 0 aliphatic carbocycles. The number of unbranched alkanes of at least 4 members (excludes halogenated alkanes) is 1. The van der Waals surface area contributed by atoms with Crippen molar-refractivity contribution in [3.63, 3.8) is 0 Å². The van der Waals surface area contributed by atoms with Crippen LogP contribution in [0.25, 0.3) is 0 Å². The highest BCUT2D eigenvalue weighted by atomic mass is 28.4. The Morgan fingerprint density at radius 1 is 1.25 bits per heavy atom. The van der Waals surface area contributed by atoms with Crippen LogP contribution >= 0.6 is 0 Å². The zero-order valence-corrected chi connectivity index (χ0v) is 15.1. The van der Waals surface area contributed by atoms with E-state index in [0.29, 0.717) is 5.57 Å². The number of methoxy groups -OCH3 is 1. The molecule has 0 spiro atoms. The highest BCUT2D eigenvalue weighted by molar-refractivity contribution is 6.74. The summed E-state index contributed by atoms with van der Waals surface area (Å²) in [6, 6.07) is 0. The van der Waals surface area contributed by atoms with E-state index in [4.69, 9.17) is 4.43 Å². The lowest BCUT2D eigenvalue weighted by molar-refractivity contribution is -0.136. The minimum Gasteiger partial charge on any atom is -0.466 e. The fourth-order valence-electron chi connectivity index (χ4n) is 1.28. The third-order valence-corrected chi connectivity index (χ3v) is 8.31. The highest BCUT2D eigenvalue weighted by Crippen LogP contribution is 2.36. The molecule has 4 heteroatoms. The molecule has 0 aromatic carbocycles. The van der Waals surface area contributed by atoms with E-state index in [2.05, 4.69) is 44.7 Å². The van der Waals surface area contributed by atoms with Crippen LogP contribution in [-0.2, 0) is 14.0 Å². The van der Waals surface area contributed by atoms with Crippen LogP contribution in [0.4, 0.5) is 0 Å². The summed E-state index contributed by atoms with van der Waals surface area (Å²) in [5, 5.41) is 0.267. The van der Waals surface area contributed by atoms with Crippen LogP contribution < -0.4 is 0 Å². The zero-order valence-electron chi connectivity index (χ0n) is 14.1. The third-order valence-electron chi connectivity index (χ3n) is 3.77. The van der Waals surface area contributed by atoms with Crippen molar-refractivity contribution in [2.75, 3.05) is 13.7 Å². The molecule has 3 nitrogen and oxygen atoms in total. The summed E-state index contributed by atoms with van der Waals surface area (Å²) >= 11 is 0. The van der Waals surface area contributed by atoms with Crippen molar-refractivity contribution in [3.05, 3.63) is 23.8 Å². The number of hydrogen-bond acceptors (Lipinski definition) is 3. The van der Waals surface area contributed by atoms with E-state index in [1.807, 2.05) is 6.08 Å². The Bertz CT molecular complexity index is 362. The number of carbonyl (C=O) groups excluding carboxylic acids is 1. The van der Waals surface area contributed by atoms with Gasteiger partial charge in [-0.1, -0.05) is 39.0 Å². The molecule has 0 aliphatic rings. The molecule has 0 aromatic heterocycles. The van der Waals surface area contributed by atoms with Gasteiger partial charge in [0.2, 0.25) is 0 Å². The van der Waals surface area contributed by atoms with Crippen molar-refractivity contribution in [3.8, 4) is 0 Å². The monoisotopic (exact) mass is 298 g/mol. The number of ether oxygens (including phenoxy) is 1. The van der Waals surface area contributed by atoms with Gasteiger partial charge in [0.15, 0.2) is 8.32 Å². The van der Waals surface area contributed by atoms with Crippen LogP contribution in [0.2, 0.25) is 18.1 Å². The fraction of sp³-hybridized carbons (Fsp3) is 0.688. The molecule has 0 saturated heterocycles. The Hall–Kier alpha value is -0.873. The minimum absolute atomic E-state index is 0.267. The predicted molar refractivity (Wildman–Crippen MR) is 87.3 cm³/mol. The molecule has 0 atom stereocenters. The Kier molecular flexibility index (Phi) is 8.05. The molecule has 0 radical (unpaired) electrons. The van der Waals surface area contributed by atoms with Gasteiger partial charge in [0.25, 0.3) is 0 Å². The number of allylic oxidation sites excluding steroid dienone is 3. The Labute approximate surface area is 125 Å². The molecule has 0 saturated carbocycles. The molecule has 20 heavy (non-hydrogen) atoms. The van der Waals surface area contributed by atoms with E-state index in [-0.39, 0.29) is 11.0 Å². The van der Waals surface area contributed by atoms with Gasteiger partial charge in [-0.15, -0.1) is 0 Å².